The van der Waals surface area contributed by atoms with Crippen LogP contribution in [0.15, 0.2) is 6.07 Å². The summed E-state index contributed by atoms with van der Waals surface area (Å²) >= 11 is 7.62. The Morgan fingerprint density at radius 2 is 2.31 bits per heavy atom. The molecule has 1 rings (SSSR count). The average molecular weight is 312 g/mol. The van der Waals surface area contributed by atoms with E-state index in [-0.39, 0.29) is 16.5 Å². The summed E-state index contributed by atoms with van der Waals surface area (Å²) in [6.45, 7) is 0. The van der Waals surface area contributed by atoms with E-state index in [9.17, 15) is 9.90 Å². The van der Waals surface area contributed by atoms with Gasteiger partial charge in [0.05, 0.1) is 15.7 Å². The first-order valence-corrected chi connectivity index (χ1v) is 4.77. The number of rotatable bonds is 2. The lowest BCUT2D eigenvalue weighted by Gasteiger charge is -2.07. The monoisotopic (exact) mass is 312 g/mol. The van der Waals surface area contributed by atoms with Crippen LogP contribution in [0, 0.1) is 3.57 Å². The molecular weight excluding hydrogens is 306 g/mol. The fourth-order valence-corrected chi connectivity index (χ4v) is 1.62. The van der Waals surface area contributed by atoms with Gasteiger partial charge in [0.15, 0.2) is 17.8 Å². The highest BCUT2D eigenvalue weighted by atomic mass is 127. The van der Waals surface area contributed by atoms with Crippen molar-refractivity contribution in [2.75, 3.05) is 7.11 Å². The number of phenols is 1. The molecule has 0 spiro atoms. The number of benzene rings is 1. The number of carbonyl (C=O) groups excluding carboxylic acids is 1. The maximum absolute atomic E-state index is 10.5. The molecule has 0 aromatic heterocycles. The summed E-state index contributed by atoms with van der Waals surface area (Å²) < 4.78 is 5.27. The molecule has 0 aliphatic carbocycles. The van der Waals surface area contributed by atoms with E-state index in [2.05, 4.69) is 0 Å². The number of hydrogen-bond acceptors (Lipinski definition) is 3. The number of hydrogen-bond donors (Lipinski definition) is 1. The summed E-state index contributed by atoms with van der Waals surface area (Å²) in [5, 5.41) is 9.71. The van der Waals surface area contributed by atoms with E-state index in [1.54, 1.807) is 0 Å². The first-order valence-electron chi connectivity index (χ1n) is 3.32. The van der Waals surface area contributed by atoms with Gasteiger partial charge >= 0.3 is 0 Å². The van der Waals surface area contributed by atoms with E-state index in [1.807, 2.05) is 22.6 Å². The summed E-state index contributed by atoms with van der Waals surface area (Å²) in [5.74, 6) is 0.203. The van der Waals surface area contributed by atoms with Gasteiger partial charge in [0.25, 0.3) is 0 Å². The van der Waals surface area contributed by atoms with Crippen molar-refractivity contribution in [3.05, 3.63) is 20.2 Å². The van der Waals surface area contributed by atoms with Crippen molar-refractivity contribution in [1.29, 1.82) is 0 Å². The fourth-order valence-electron chi connectivity index (χ4n) is 0.853. The van der Waals surface area contributed by atoms with Crippen molar-refractivity contribution >= 4 is 40.5 Å². The predicted octanol–water partition coefficient (Wildman–Crippen LogP) is 2.47. The van der Waals surface area contributed by atoms with Crippen molar-refractivity contribution in [2.24, 2.45) is 0 Å². The van der Waals surface area contributed by atoms with Crippen LogP contribution in [0.3, 0.4) is 0 Å². The first kappa shape index (κ1) is 10.6. The molecule has 13 heavy (non-hydrogen) atoms. The third-order valence-corrected chi connectivity index (χ3v) is 3.30. The van der Waals surface area contributed by atoms with Crippen LogP contribution in [0.2, 0.25) is 5.02 Å². The lowest BCUT2D eigenvalue weighted by molar-refractivity contribution is 0.112. The van der Waals surface area contributed by atoms with Crippen LogP contribution < -0.4 is 4.74 Å². The predicted molar refractivity (Wildman–Crippen MR) is 57.8 cm³/mol. The zero-order chi connectivity index (χ0) is 10.0. The molecule has 0 heterocycles. The number of halogens is 2. The standard InChI is InChI=1S/C8H6ClIO3/c1-13-5-2-4(3-11)6(9)7(10)8(5)12/h2-3,12H,1H3. The molecule has 1 aromatic rings. The van der Waals surface area contributed by atoms with Crippen LogP contribution in [-0.4, -0.2) is 18.5 Å². The van der Waals surface area contributed by atoms with Gasteiger partial charge in [0, 0.05) is 5.56 Å². The second kappa shape index (κ2) is 4.15. The van der Waals surface area contributed by atoms with Crippen LogP contribution >= 0.6 is 34.2 Å². The minimum absolute atomic E-state index is 0.0429. The molecule has 0 amide bonds. The molecule has 3 nitrogen and oxygen atoms in total. The van der Waals surface area contributed by atoms with Gasteiger partial charge in [-0.1, -0.05) is 11.6 Å². The van der Waals surface area contributed by atoms with Crippen molar-refractivity contribution in [3.63, 3.8) is 0 Å². The first-order chi connectivity index (χ1) is 6.11. The van der Waals surface area contributed by atoms with Crippen LogP contribution in [0.4, 0.5) is 0 Å². The Kier molecular flexibility index (Phi) is 3.38. The Balaban J connectivity index is 3.45. The van der Waals surface area contributed by atoms with Gasteiger partial charge in [-0.05, 0) is 28.7 Å². The molecule has 0 atom stereocenters. The quantitative estimate of drug-likeness (QED) is 0.674. The molecule has 70 valence electrons. The van der Waals surface area contributed by atoms with Crippen molar-refractivity contribution in [1.82, 2.24) is 0 Å². The Labute approximate surface area is 93.8 Å². The Morgan fingerprint density at radius 1 is 1.69 bits per heavy atom. The van der Waals surface area contributed by atoms with Crippen molar-refractivity contribution < 1.29 is 14.6 Å². The molecule has 0 saturated carbocycles. The van der Waals surface area contributed by atoms with Gasteiger partial charge in [-0.25, -0.2) is 0 Å². The summed E-state index contributed by atoms with van der Waals surface area (Å²) in [4.78, 5) is 10.5. The van der Waals surface area contributed by atoms with Gasteiger partial charge in [0.2, 0.25) is 0 Å². The number of carbonyl (C=O) groups is 1. The molecule has 1 N–H and O–H groups in total. The smallest absolute Gasteiger partial charge is 0.172 e. The zero-order valence-electron chi connectivity index (χ0n) is 6.67. The third kappa shape index (κ3) is 1.88. The molecule has 0 saturated heterocycles. The van der Waals surface area contributed by atoms with Gasteiger partial charge in [0.1, 0.15) is 0 Å². The third-order valence-electron chi connectivity index (χ3n) is 1.52. The molecule has 0 fully saturated rings. The molecule has 0 radical (unpaired) electrons. The second-order valence-corrected chi connectivity index (χ2v) is 3.72. The summed E-state index contributed by atoms with van der Waals surface area (Å²) in [7, 11) is 1.41. The topological polar surface area (TPSA) is 46.5 Å². The van der Waals surface area contributed by atoms with E-state index < -0.39 is 0 Å². The Morgan fingerprint density at radius 3 is 2.77 bits per heavy atom. The molecule has 1 aromatic carbocycles. The highest BCUT2D eigenvalue weighted by molar-refractivity contribution is 14.1. The lowest BCUT2D eigenvalue weighted by atomic mass is 10.2. The molecule has 0 aliphatic rings. The molecule has 0 unspecified atom stereocenters. The van der Waals surface area contributed by atoms with Crippen molar-refractivity contribution in [3.8, 4) is 11.5 Å². The summed E-state index contributed by atoms with van der Waals surface area (Å²) in [6, 6.07) is 1.40. The molecule has 5 heteroatoms. The van der Waals surface area contributed by atoms with Crippen LogP contribution in [-0.2, 0) is 0 Å². The van der Waals surface area contributed by atoms with E-state index >= 15 is 0 Å². The molecular formula is C8H6ClIO3. The Bertz CT molecular complexity index is 352. The van der Waals surface area contributed by atoms with Gasteiger partial charge < -0.3 is 9.84 Å². The van der Waals surface area contributed by atoms with E-state index in [0.717, 1.165) is 0 Å². The van der Waals surface area contributed by atoms with Crippen LogP contribution in [0.5, 0.6) is 11.5 Å². The van der Waals surface area contributed by atoms with E-state index in [0.29, 0.717) is 15.4 Å². The van der Waals surface area contributed by atoms with E-state index in [1.165, 1.54) is 13.2 Å². The van der Waals surface area contributed by atoms with Gasteiger partial charge in [-0.3, -0.25) is 4.79 Å². The Hall–Kier alpha value is -0.490. The fraction of sp³-hybridized carbons (Fsp3) is 0.125. The summed E-state index contributed by atoms with van der Waals surface area (Å²) in [6.07, 6.45) is 0.618. The average Bonchev–Trinajstić information content (AvgIpc) is 2.15. The van der Waals surface area contributed by atoms with Gasteiger partial charge in [-0.2, -0.15) is 0 Å². The second-order valence-electron chi connectivity index (χ2n) is 2.26. The number of aromatic hydroxyl groups is 1. The van der Waals surface area contributed by atoms with Gasteiger partial charge in [-0.15, -0.1) is 0 Å². The number of ether oxygens (including phenoxy) is 1. The molecule has 0 aliphatic heterocycles. The maximum atomic E-state index is 10.5. The normalized spacial score (nSPS) is 9.77. The number of phenolic OH excluding ortho intramolecular Hbond substituents is 1. The summed E-state index contributed by atoms with van der Waals surface area (Å²) in [5.41, 5.74) is 0.306. The minimum Gasteiger partial charge on any atom is -0.503 e. The molecule has 0 bridgehead atoms. The zero-order valence-corrected chi connectivity index (χ0v) is 9.59. The van der Waals surface area contributed by atoms with Crippen LogP contribution in [0.1, 0.15) is 10.4 Å². The van der Waals surface area contributed by atoms with Crippen LogP contribution in [0.25, 0.3) is 0 Å². The number of aldehydes is 1. The largest absolute Gasteiger partial charge is 0.503 e. The highest BCUT2D eigenvalue weighted by Gasteiger charge is 2.14. The maximum Gasteiger partial charge on any atom is 0.172 e. The highest BCUT2D eigenvalue weighted by Crippen LogP contribution is 2.37. The van der Waals surface area contributed by atoms with E-state index in [4.69, 9.17) is 16.3 Å². The van der Waals surface area contributed by atoms with Crippen molar-refractivity contribution in [2.45, 2.75) is 0 Å². The number of methoxy groups -OCH3 is 1. The lowest BCUT2D eigenvalue weighted by Crippen LogP contribution is -1.91. The minimum atomic E-state index is -0.0429. The SMILES string of the molecule is COc1cc(C=O)c(Cl)c(I)c1O.